The van der Waals surface area contributed by atoms with Crippen LogP contribution >= 0.6 is 0 Å². The normalized spacial score (nSPS) is 19.6. The maximum Gasteiger partial charge on any atom is 0.324 e. The van der Waals surface area contributed by atoms with Crippen molar-refractivity contribution in [3.63, 3.8) is 0 Å². The highest BCUT2D eigenvalue weighted by Crippen LogP contribution is 2.30. The van der Waals surface area contributed by atoms with Gasteiger partial charge in [0.15, 0.2) is 0 Å². The molecule has 1 aromatic rings. The van der Waals surface area contributed by atoms with Crippen LogP contribution in [0.4, 0.5) is 0 Å². The van der Waals surface area contributed by atoms with Crippen LogP contribution in [0, 0.1) is 0 Å². The van der Waals surface area contributed by atoms with Crippen molar-refractivity contribution in [2.75, 3.05) is 0 Å². The van der Waals surface area contributed by atoms with Crippen molar-refractivity contribution in [2.24, 2.45) is 0 Å². The van der Waals surface area contributed by atoms with Gasteiger partial charge in [0.05, 0.1) is 6.20 Å². The Bertz CT molecular complexity index is 517. The Hall–Kier alpha value is -1.41. The minimum absolute atomic E-state index is 0.0475. The van der Waals surface area contributed by atoms with Gasteiger partial charge in [-0.2, -0.15) is 9.82 Å². The molecule has 0 saturated heterocycles. The van der Waals surface area contributed by atoms with Crippen LogP contribution in [-0.2, 0) is 14.8 Å². The molecule has 7 nitrogen and oxygen atoms in total. The van der Waals surface area contributed by atoms with Crippen molar-refractivity contribution in [2.45, 2.75) is 42.5 Å². The molecule has 3 N–H and O–H groups in total. The number of aliphatic carboxylic acids is 1. The van der Waals surface area contributed by atoms with E-state index < -0.39 is 21.5 Å². The van der Waals surface area contributed by atoms with Gasteiger partial charge in [-0.05, 0) is 12.8 Å². The molecular formula is C10H15N3O4S. The molecule has 1 aliphatic rings. The van der Waals surface area contributed by atoms with Crippen molar-refractivity contribution in [3.05, 3.63) is 12.4 Å². The fraction of sp³-hybridized carbons (Fsp3) is 0.600. The predicted molar refractivity (Wildman–Crippen MR) is 62.4 cm³/mol. The first-order valence-electron chi connectivity index (χ1n) is 5.72. The minimum atomic E-state index is -3.84. The molecule has 0 radical (unpaired) electrons. The van der Waals surface area contributed by atoms with E-state index in [1.54, 1.807) is 0 Å². The molecule has 1 saturated carbocycles. The summed E-state index contributed by atoms with van der Waals surface area (Å²) in [6.07, 6.45) is 5.36. The zero-order chi connectivity index (χ0) is 13.2. The second-order valence-electron chi connectivity index (χ2n) is 4.49. The van der Waals surface area contributed by atoms with Crippen LogP contribution in [0.5, 0.6) is 0 Å². The molecule has 18 heavy (non-hydrogen) atoms. The van der Waals surface area contributed by atoms with Gasteiger partial charge in [-0.3, -0.25) is 9.89 Å². The number of carbonyl (C=O) groups is 1. The summed E-state index contributed by atoms with van der Waals surface area (Å²) in [6.45, 7) is 0. The highest BCUT2D eigenvalue weighted by atomic mass is 32.2. The lowest BCUT2D eigenvalue weighted by Crippen LogP contribution is -2.55. The molecule has 0 aliphatic heterocycles. The Morgan fingerprint density at radius 3 is 2.56 bits per heavy atom. The quantitative estimate of drug-likeness (QED) is 0.738. The number of aromatic nitrogens is 2. The van der Waals surface area contributed by atoms with E-state index in [9.17, 15) is 18.3 Å². The molecule has 0 spiro atoms. The SMILES string of the molecule is O=C(O)C1(NS(=O)(=O)c2cn[nH]c2)CCCCC1. The van der Waals surface area contributed by atoms with Crippen molar-refractivity contribution in [1.29, 1.82) is 0 Å². The van der Waals surface area contributed by atoms with Crippen LogP contribution < -0.4 is 4.72 Å². The lowest BCUT2D eigenvalue weighted by atomic mass is 9.83. The third kappa shape index (κ3) is 2.39. The van der Waals surface area contributed by atoms with E-state index in [2.05, 4.69) is 14.9 Å². The molecule has 0 atom stereocenters. The van der Waals surface area contributed by atoms with Crippen molar-refractivity contribution >= 4 is 16.0 Å². The van der Waals surface area contributed by atoms with E-state index in [1.807, 2.05) is 0 Å². The number of carboxylic acid groups (broad SMARTS) is 1. The maximum absolute atomic E-state index is 12.0. The third-order valence-electron chi connectivity index (χ3n) is 3.23. The summed E-state index contributed by atoms with van der Waals surface area (Å²) in [5.74, 6) is -1.12. The van der Waals surface area contributed by atoms with E-state index in [0.717, 1.165) is 12.6 Å². The van der Waals surface area contributed by atoms with Crippen molar-refractivity contribution in [1.82, 2.24) is 14.9 Å². The Balaban J connectivity index is 2.27. The Labute approximate surface area is 105 Å². The lowest BCUT2D eigenvalue weighted by molar-refractivity contribution is -0.145. The summed E-state index contributed by atoms with van der Waals surface area (Å²) in [4.78, 5) is 11.3. The molecule has 1 aromatic heterocycles. The molecule has 8 heteroatoms. The van der Waals surface area contributed by atoms with Gasteiger partial charge in [0.2, 0.25) is 10.0 Å². The average Bonchev–Trinajstić information content (AvgIpc) is 2.83. The summed E-state index contributed by atoms with van der Waals surface area (Å²) >= 11 is 0. The Morgan fingerprint density at radius 1 is 1.39 bits per heavy atom. The summed E-state index contributed by atoms with van der Waals surface area (Å²) < 4.78 is 26.4. The monoisotopic (exact) mass is 273 g/mol. The van der Waals surface area contributed by atoms with Gasteiger partial charge in [-0.1, -0.05) is 19.3 Å². The van der Waals surface area contributed by atoms with E-state index in [0.29, 0.717) is 25.7 Å². The molecule has 1 aliphatic carbocycles. The number of hydrogen-bond acceptors (Lipinski definition) is 4. The van der Waals surface area contributed by atoms with Crippen molar-refractivity contribution < 1.29 is 18.3 Å². The van der Waals surface area contributed by atoms with Crippen LogP contribution in [0.3, 0.4) is 0 Å². The number of sulfonamides is 1. The third-order valence-corrected chi connectivity index (χ3v) is 4.73. The molecule has 100 valence electrons. The smallest absolute Gasteiger partial charge is 0.324 e. The fourth-order valence-electron chi connectivity index (χ4n) is 2.22. The molecule has 0 aromatic carbocycles. The molecule has 0 amide bonds. The van der Waals surface area contributed by atoms with Crippen LogP contribution in [0.1, 0.15) is 32.1 Å². The van der Waals surface area contributed by atoms with Gasteiger partial charge < -0.3 is 5.11 Å². The molecule has 1 heterocycles. The lowest BCUT2D eigenvalue weighted by Gasteiger charge is -2.33. The van der Waals surface area contributed by atoms with Gasteiger partial charge in [0, 0.05) is 6.20 Å². The van der Waals surface area contributed by atoms with Gasteiger partial charge >= 0.3 is 5.97 Å². The number of nitrogens with zero attached hydrogens (tertiary/aromatic N) is 1. The van der Waals surface area contributed by atoms with Gasteiger partial charge in [-0.15, -0.1) is 0 Å². The van der Waals surface area contributed by atoms with Crippen LogP contribution in [0.25, 0.3) is 0 Å². The molecule has 0 bridgehead atoms. The van der Waals surface area contributed by atoms with Gasteiger partial charge in [0.1, 0.15) is 10.4 Å². The minimum Gasteiger partial charge on any atom is -0.480 e. The zero-order valence-electron chi connectivity index (χ0n) is 9.72. The van der Waals surface area contributed by atoms with Crippen LogP contribution in [0.2, 0.25) is 0 Å². The number of carboxylic acids is 1. The number of aromatic amines is 1. The van der Waals surface area contributed by atoms with E-state index in [4.69, 9.17) is 0 Å². The molecular weight excluding hydrogens is 258 g/mol. The first kappa shape index (κ1) is 13.0. The second-order valence-corrected chi connectivity index (χ2v) is 6.17. The summed E-state index contributed by atoms with van der Waals surface area (Å²) in [5.41, 5.74) is -1.38. The summed E-state index contributed by atoms with van der Waals surface area (Å²) in [7, 11) is -3.84. The number of hydrogen-bond donors (Lipinski definition) is 3. The zero-order valence-corrected chi connectivity index (χ0v) is 10.5. The summed E-state index contributed by atoms with van der Waals surface area (Å²) in [6, 6.07) is 0. The van der Waals surface area contributed by atoms with E-state index in [1.165, 1.54) is 6.20 Å². The summed E-state index contributed by atoms with van der Waals surface area (Å²) in [5, 5.41) is 15.3. The number of rotatable bonds is 4. The maximum atomic E-state index is 12.0. The van der Waals surface area contributed by atoms with Crippen molar-refractivity contribution in [3.8, 4) is 0 Å². The molecule has 0 unspecified atom stereocenters. The number of H-pyrrole nitrogens is 1. The number of nitrogens with one attached hydrogen (secondary N) is 2. The first-order chi connectivity index (χ1) is 8.46. The average molecular weight is 273 g/mol. The largest absolute Gasteiger partial charge is 0.480 e. The highest BCUT2D eigenvalue weighted by Gasteiger charge is 2.43. The topological polar surface area (TPSA) is 112 Å². The standard InChI is InChI=1S/C10H15N3O4S/c14-9(15)10(4-2-1-3-5-10)13-18(16,17)8-6-11-12-7-8/h6-7,13H,1-5H2,(H,11,12)(H,14,15). The van der Waals surface area contributed by atoms with Gasteiger partial charge in [-0.25, -0.2) is 8.42 Å². The predicted octanol–water partition coefficient (Wildman–Crippen LogP) is 0.475. The second kappa shape index (κ2) is 4.69. The van der Waals surface area contributed by atoms with E-state index >= 15 is 0 Å². The van der Waals surface area contributed by atoms with Crippen LogP contribution in [-0.4, -0.2) is 35.2 Å². The van der Waals surface area contributed by atoms with E-state index in [-0.39, 0.29) is 4.90 Å². The Morgan fingerprint density at radius 2 is 2.06 bits per heavy atom. The van der Waals surface area contributed by atoms with Gasteiger partial charge in [0.25, 0.3) is 0 Å². The molecule has 1 fully saturated rings. The fourth-order valence-corrected chi connectivity index (χ4v) is 3.54. The first-order valence-corrected chi connectivity index (χ1v) is 7.21. The molecule has 2 rings (SSSR count). The highest BCUT2D eigenvalue weighted by molar-refractivity contribution is 7.89. The Kier molecular flexibility index (Phi) is 3.40. The van der Waals surface area contributed by atoms with Crippen LogP contribution in [0.15, 0.2) is 17.3 Å².